The van der Waals surface area contributed by atoms with Crippen LogP contribution in [0.3, 0.4) is 0 Å². The molecule has 2 bridgehead atoms. The molecule has 1 heterocycles. The number of benzene rings is 1. The summed E-state index contributed by atoms with van der Waals surface area (Å²) < 4.78 is 29.8. The third-order valence-electron chi connectivity index (χ3n) is 9.60. The number of rotatable bonds is 5. The van der Waals surface area contributed by atoms with Crippen LogP contribution in [0.4, 0.5) is 5.69 Å². The zero-order valence-corrected chi connectivity index (χ0v) is 21.4. The number of nitrogens with zero attached hydrogens (tertiary/aromatic N) is 2. The Hall–Kier alpha value is -1.44. The SMILES string of the molecule is Cc1ccc(N2CCN(C)CC2)c2c1CC[C@@H](NS(=O)(=O)C[C@]13CC[C@@H](CC1=O)C3(C)C)C2. The van der Waals surface area contributed by atoms with Gasteiger partial charge in [0.05, 0.1) is 5.75 Å². The van der Waals surface area contributed by atoms with Gasteiger partial charge in [-0.1, -0.05) is 19.9 Å². The summed E-state index contributed by atoms with van der Waals surface area (Å²) in [6, 6.07) is 4.34. The average molecular weight is 474 g/mol. The number of carbonyl (C=O) groups is 1. The maximum Gasteiger partial charge on any atom is 0.212 e. The van der Waals surface area contributed by atoms with Crippen LogP contribution >= 0.6 is 0 Å². The fraction of sp³-hybridized carbons (Fsp3) is 0.731. The minimum atomic E-state index is -3.56. The smallest absolute Gasteiger partial charge is 0.212 e. The monoisotopic (exact) mass is 473 g/mol. The lowest BCUT2D eigenvalue weighted by Gasteiger charge is -2.38. The van der Waals surface area contributed by atoms with Crippen molar-refractivity contribution in [2.24, 2.45) is 16.7 Å². The van der Waals surface area contributed by atoms with Gasteiger partial charge in [-0.2, -0.15) is 0 Å². The minimum absolute atomic E-state index is 0.0508. The molecule has 1 aromatic rings. The average Bonchev–Trinajstić information content (AvgIpc) is 3.08. The number of likely N-dealkylation sites (N-methyl/N-ethyl adjacent to an activating group) is 1. The molecule has 0 aromatic heterocycles. The van der Waals surface area contributed by atoms with Crippen LogP contribution in [0.1, 0.15) is 56.2 Å². The molecule has 1 aliphatic heterocycles. The van der Waals surface area contributed by atoms with Gasteiger partial charge in [0.2, 0.25) is 10.0 Å². The van der Waals surface area contributed by atoms with Crippen molar-refractivity contribution in [3.05, 3.63) is 28.8 Å². The quantitative estimate of drug-likeness (QED) is 0.712. The van der Waals surface area contributed by atoms with Crippen LogP contribution in [0, 0.1) is 23.7 Å². The van der Waals surface area contributed by atoms with Crippen LogP contribution in [-0.2, 0) is 27.7 Å². The number of sulfonamides is 1. The molecule has 5 rings (SSSR count). The second kappa shape index (κ2) is 8.06. The summed E-state index contributed by atoms with van der Waals surface area (Å²) in [6.07, 6.45) is 4.67. The molecule has 6 nitrogen and oxygen atoms in total. The Labute approximate surface area is 199 Å². The van der Waals surface area contributed by atoms with Crippen LogP contribution in [0.25, 0.3) is 0 Å². The van der Waals surface area contributed by atoms with Gasteiger partial charge >= 0.3 is 0 Å². The van der Waals surface area contributed by atoms with E-state index in [-0.39, 0.29) is 23.0 Å². The molecule has 7 heteroatoms. The normalized spacial score (nSPS) is 31.8. The number of piperazine rings is 1. The Bertz CT molecular complexity index is 1060. The molecule has 4 aliphatic rings. The van der Waals surface area contributed by atoms with Gasteiger partial charge in [0.1, 0.15) is 5.78 Å². The van der Waals surface area contributed by atoms with Crippen molar-refractivity contribution in [3.63, 3.8) is 0 Å². The van der Waals surface area contributed by atoms with E-state index in [2.05, 4.69) is 54.5 Å². The second-order valence-electron chi connectivity index (χ2n) is 11.6. The summed E-state index contributed by atoms with van der Waals surface area (Å²) in [5.41, 5.74) is 4.35. The summed E-state index contributed by atoms with van der Waals surface area (Å²) in [5.74, 6) is 0.442. The van der Waals surface area contributed by atoms with Gasteiger partial charge in [0.15, 0.2) is 0 Å². The van der Waals surface area contributed by atoms with Crippen molar-refractivity contribution in [2.45, 2.75) is 65.3 Å². The van der Waals surface area contributed by atoms with Gasteiger partial charge in [0, 0.05) is 49.7 Å². The predicted molar refractivity (Wildman–Crippen MR) is 132 cm³/mol. The maximum absolute atomic E-state index is 13.4. The lowest BCUT2D eigenvalue weighted by molar-refractivity contribution is -0.128. The Balaban J connectivity index is 1.35. The summed E-state index contributed by atoms with van der Waals surface area (Å²) in [6.45, 7) is 10.5. The largest absolute Gasteiger partial charge is 0.369 e. The summed E-state index contributed by atoms with van der Waals surface area (Å²) in [5, 5.41) is 0. The first-order valence-electron chi connectivity index (χ1n) is 12.6. The van der Waals surface area contributed by atoms with Crippen LogP contribution in [-0.4, -0.2) is 64.1 Å². The van der Waals surface area contributed by atoms with Crippen molar-refractivity contribution in [1.29, 1.82) is 0 Å². The van der Waals surface area contributed by atoms with Crippen molar-refractivity contribution >= 4 is 21.5 Å². The highest BCUT2D eigenvalue weighted by atomic mass is 32.2. The lowest BCUT2D eigenvalue weighted by Crippen LogP contribution is -2.49. The first-order valence-corrected chi connectivity index (χ1v) is 14.3. The molecule has 1 saturated heterocycles. The predicted octanol–water partition coefficient (Wildman–Crippen LogP) is 2.92. The van der Waals surface area contributed by atoms with Crippen LogP contribution in [0.5, 0.6) is 0 Å². The Morgan fingerprint density at radius 1 is 1.06 bits per heavy atom. The van der Waals surface area contributed by atoms with Crippen LogP contribution in [0.15, 0.2) is 12.1 Å². The van der Waals surface area contributed by atoms with E-state index in [9.17, 15) is 13.2 Å². The Morgan fingerprint density at radius 3 is 2.42 bits per heavy atom. The molecule has 1 aromatic carbocycles. The summed E-state index contributed by atoms with van der Waals surface area (Å²) >= 11 is 0. The van der Waals surface area contributed by atoms with Crippen LogP contribution < -0.4 is 9.62 Å². The Morgan fingerprint density at radius 2 is 1.79 bits per heavy atom. The van der Waals surface area contributed by atoms with E-state index in [4.69, 9.17) is 0 Å². The number of hydrogen-bond acceptors (Lipinski definition) is 5. The van der Waals surface area contributed by atoms with E-state index < -0.39 is 15.4 Å². The molecular weight excluding hydrogens is 434 g/mol. The number of hydrogen-bond donors (Lipinski definition) is 1. The highest BCUT2D eigenvalue weighted by Gasteiger charge is 2.65. The third kappa shape index (κ3) is 3.84. The number of nitrogens with one attached hydrogen (secondary N) is 1. The zero-order chi connectivity index (χ0) is 23.6. The van der Waals surface area contributed by atoms with Crippen molar-refractivity contribution in [3.8, 4) is 0 Å². The molecule has 0 spiro atoms. The fourth-order valence-corrected chi connectivity index (χ4v) is 9.33. The minimum Gasteiger partial charge on any atom is -0.369 e. The lowest BCUT2D eigenvalue weighted by atomic mass is 9.70. The number of anilines is 1. The van der Waals surface area contributed by atoms with Crippen molar-refractivity contribution in [2.75, 3.05) is 43.9 Å². The molecular formula is C26H39N3O3S. The van der Waals surface area contributed by atoms with E-state index in [1.807, 2.05) is 0 Å². The summed E-state index contributed by atoms with van der Waals surface area (Å²) in [7, 11) is -1.40. The highest BCUT2D eigenvalue weighted by Crippen LogP contribution is 2.64. The molecule has 3 atom stereocenters. The maximum atomic E-state index is 13.4. The van der Waals surface area contributed by atoms with Gasteiger partial charge in [-0.25, -0.2) is 13.1 Å². The van der Waals surface area contributed by atoms with Gasteiger partial charge in [-0.05, 0) is 80.2 Å². The molecule has 0 unspecified atom stereocenters. The molecule has 182 valence electrons. The topological polar surface area (TPSA) is 69.7 Å². The molecule has 0 radical (unpaired) electrons. The second-order valence-corrected chi connectivity index (χ2v) is 13.4. The van der Waals surface area contributed by atoms with E-state index in [1.54, 1.807) is 0 Å². The standard InChI is InChI=1S/C26H39N3O3S/c1-18-5-8-23(29-13-11-28(4)12-14-29)22-16-20(6-7-21(18)22)27-33(31,32)17-26-10-9-19(15-24(26)30)25(26,2)3/h5,8,19-20,27H,6-7,9-17H2,1-4H3/t19-,20+,26+/m0/s1. The molecule has 0 amide bonds. The molecule has 1 N–H and O–H groups in total. The highest BCUT2D eigenvalue weighted by molar-refractivity contribution is 7.89. The van der Waals surface area contributed by atoms with Crippen LogP contribution in [0.2, 0.25) is 0 Å². The molecule has 2 saturated carbocycles. The van der Waals surface area contributed by atoms with E-state index in [1.165, 1.54) is 22.4 Å². The van der Waals surface area contributed by atoms with Crippen molar-refractivity contribution in [1.82, 2.24) is 9.62 Å². The van der Waals surface area contributed by atoms with E-state index >= 15 is 0 Å². The van der Waals surface area contributed by atoms with E-state index in [0.717, 1.165) is 51.9 Å². The molecule has 3 fully saturated rings. The molecule has 33 heavy (non-hydrogen) atoms. The molecule has 3 aliphatic carbocycles. The zero-order valence-electron chi connectivity index (χ0n) is 20.6. The number of Topliss-reactive ketones (excluding diaryl/α,β-unsaturated/α-hetero) is 1. The van der Waals surface area contributed by atoms with Gasteiger partial charge in [-0.15, -0.1) is 0 Å². The first-order chi connectivity index (χ1) is 15.5. The third-order valence-corrected chi connectivity index (χ3v) is 11.2. The number of ketones is 1. The van der Waals surface area contributed by atoms with Gasteiger partial charge in [-0.3, -0.25) is 4.79 Å². The number of fused-ring (bicyclic) bond motifs is 3. The van der Waals surface area contributed by atoms with Crippen molar-refractivity contribution < 1.29 is 13.2 Å². The fourth-order valence-electron chi connectivity index (χ4n) is 7.21. The van der Waals surface area contributed by atoms with Gasteiger partial charge in [0.25, 0.3) is 0 Å². The number of carbonyl (C=O) groups excluding carboxylic acids is 1. The first kappa shape index (κ1) is 23.3. The summed E-state index contributed by atoms with van der Waals surface area (Å²) in [4.78, 5) is 17.7. The number of aryl methyl sites for hydroxylation is 1. The van der Waals surface area contributed by atoms with E-state index in [0.29, 0.717) is 18.8 Å². The Kier molecular flexibility index (Phi) is 5.69. The van der Waals surface area contributed by atoms with Gasteiger partial charge < -0.3 is 9.80 Å².